The average Bonchev–Trinajstić information content (AvgIpc) is 3.05. The van der Waals surface area contributed by atoms with Gasteiger partial charge in [-0.1, -0.05) is 41.9 Å². The second-order valence-electron chi connectivity index (χ2n) is 6.22. The fourth-order valence-corrected chi connectivity index (χ4v) is 3.05. The zero-order chi connectivity index (χ0) is 18.1. The van der Waals surface area contributed by atoms with Crippen LogP contribution in [0.5, 0.6) is 0 Å². The summed E-state index contributed by atoms with van der Waals surface area (Å²) in [5.41, 5.74) is 3.99. The van der Waals surface area contributed by atoms with Crippen LogP contribution in [0.1, 0.15) is 24.1 Å². The van der Waals surface area contributed by atoms with E-state index in [1.54, 1.807) is 12.5 Å². The summed E-state index contributed by atoms with van der Waals surface area (Å²) in [5, 5.41) is 4.06. The molecule has 0 spiro atoms. The van der Waals surface area contributed by atoms with Crippen molar-refractivity contribution in [3.8, 4) is 5.82 Å². The van der Waals surface area contributed by atoms with Crippen molar-refractivity contribution in [3.63, 3.8) is 0 Å². The van der Waals surface area contributed by atoms with Crippen LogP contribution in [0.2, 0.25) is 5.02 Å². The molecule has 2 heterocycles. The van der Waals surface area contributed by atoms with E-state index in [0.29, 0.717) is 11.0 Å². The molecule has 130 valence electrons. The molecular formula is C20H18ClN5. The molecule has 2 aromatic heterocycles. The minimum Gasteiger partial charge on any atom is -0.348 e. The maximum atomic E-state index is 6.20. The summed E-state index contributed by atoms with van der Waals surface area (Å²) in [7, 11) is 0. The van der Waals surface area contributed by atoms with E-state index in [9.17, 15) is 0 Å². The van der Waals surface area contributed by atoms with Crippen LogP contribution < -0.4 is 5.32 Å². The summed E-state index contributed by atoms with van der Waals surface area (Å²) >= 11 is 6.20. The number of hydrogen-bond donors (Lipinski definition) is 1. The van der Waals surface area contributed by atoms with Gasteiger partial charge in [0.25, 0.3) is 0 Å². The third kappa shape index (κ3) is 3.13. The number of halogens is 1. The molecule has 5 nitrogen and oxygen atoms in total. The first-order valence-electron chi connectivity index (χ1n) is 8.40. The highest BCUT2D eigenvalue weighted by Crippen LogP contribution is 2.25. The molecule has 6 heteroatoms. The summed E-state index contributed by atoms with van der Waals surface area (Å²) in [6.45, 7) is 4.07. The fraction of sp³-hybridized carbons (Fsp3) is 0.150. The summed E-state index contributed by atoms with van der Waals surface area (Å²) in [5.74, 6) is 1.33. The van der Waals surface area contributed by atoms with E-state index in [-0.39, 0.29) is 6.04 Å². The van der Waals surface area contributed by atoms with E-state index < -0.39 is 0 Å². The molecule has 4 rings (SSSR count). The molecule has 2 aromatic carbocycles. The second kappa shape index (κ2) is 6.77. The number of aromatic nitrogens is 4. The number of aryl methyl sites for hydroxylation is 1. The molecule has 1 unspecified atom stereocenters. The van der Waals surface area contributed by atoms with E-state index in [1.807, 2.05) is 47.9 Å². The van der Waals surface area contributed by atoms with Gasteiger partial charge in [0.05, 0.1) is 17.1 Å². The lowest BCUT2D eigenvalue weighted by atomic mass is 10.1. The Morgan fingerprint density at radius 2 is 1.88 bits per heavy atom. The zero-order valence-corrected chi connectivity index (χ0v) is 15.3. The van der Waals surface area contributed by atoms with Gasteiger partial charge in [0.2, 0.25) is 5.95 Å². The van der Waals surface area contributed by atoms with Gasteiger partial charge in [-0.3, -0.25) is 4.57 Å². The number of nitrogens with one attached hydrogen (secondary N) is 1. The smallest absolute Gasteiger partial charge is 0.225 e. The van der Waals surface area contributed by atoms with E-state index in [4.69, 9.17) is 11.6 Å². The Labute approximate surface area is 156 Å². The van der Waals surface area contributed by atoms with E-state index in [0.717, 1.165) is 22.4 Å². The van der Waals surface area contributed by atoms with Crippen molar-refractivity contribution in [1.82, 2.24) is 19.5 Å². The second-order valence-corrected chi connectivity index (χ2v) is 6.63. The molecule has 0 aliphatic carbocycles. The maximum Gasteiger partial charge on any atom is 0.225 e. The standard InChI is InChI=1S/C20H18ClN5/c1-13-10-18-17(11-16(13)21)23-12-26(18)19-8-9-22-20(25-19)24-14(2)15-6-4-3-5-7-15/h3-12,14H,1-2H3,(H,22,24,25). The Hall–Kier alpha value is -2.92. The van der Waals surface area contributed by atoms with E-state index in [2.05, 4.69) is 39.3 Å². The Kier molecular flexibility index (Phi) is 4.31. The van der Waals surface area contributed by atoms with Crippen molar-refractivity contribution in [2.24, 2.45) is 0 Å². The van der Waals surface area contributed by atoms with Crippen LogP contribution in [-0.2, 0) is 0 Å². The topological polar surface area (TPSA) is 55.6 Å². The van der Waals surface area contributed by atoms with Crippen LogP contribution in [0.25, 0.3) is 16.9 Å². The zero-order valence-electron chi connectivity index (χ0n) is 14.5. The molecule has 0 amide bonds. The number of imidazole rings is 1. The molecule has 0 aliphatic heterocycles. The number of anilines is 1. The van der Waals surface area contributed by atoms with Crippen molar-refractivity contribution < 1.29 is 0 Å². The monoisotopic (exact) mass is 363 g/mol. The molecule has 0 saturated heterocycles. The number of nitrogens with zero attached hydrogens (tertiary/aromatic N) is 4. The van der Waals surface area contributed by atoms with Gasteiger partial charge in [-0.05, 0) is 43.2 Å². The van der Waals surface area contributed by atoms with Crippen molar-refractivity contribution in [3.05, 3.63) is 77.2 Å². The molecule has 1 atom stereocenters. The summed E-state index contributed by atoms with van der Waals surface area (Å²) in [4.78, 5) is 13.4. The lowest BCUT2D eigenvalue weighted by Gasteiger charge is -2.14. The van der Waals surface area contributed by atoms with Crippen LogP contribution in [0.15, 0.2) is 61.1 Å². The van der Waals surface area contributed by atoms with Gasteiger partial charge in [-0.2, -0.15) is 4.98 Å². The molecule has 0 bridgehead atoms. The Morgan fingerprint density at radius 3 is 2.69 bits per heavy atom. The van der Waals surface area contributed by atoms with Gasteiger partial charge >= 0.3 is 0 Å². The van der Waals surface area contributed by atoms with Crippen molar-refractivity contribution in [1.29, 1.82) is 0 Å². The third-order valence-corrected chi connectivity index (χ3v) is 4.77. The third-order valence-electron chi connectivity index (χ3n) is 4.36. The highest BCUT2D eigenvalue weighted by Gasteiger charge is 2.11. The predicted octanol–water partition coefficient (Wildman–Crippen LogP) is 4.95. The first kappa shape index (κ1) is 16.5. The largest absolute Gasteiger partial charge is 0.348 e. The molecule has 1 N–H and O–H groups in total. The molecule has 0 aliphatic rings. The highest BCUT2D eigenvalue weighted by atomic mass is 35.5. The lowest BCUT2D eigenvalue weighted by Crippen LogP contribution is -2.10. The molecule has 26 heavy (non-hydrogen) atoms. The first-order chi connectivity index (χ1) is 12.6. The summed E-state index contributed by atoms with van der Waals surface area (Å²) in [6.07, 6.45) is 3.50. The molecule has 0 fully saturated rings. The van der Waals surface area contributed by atoms with E-state index in [1.165, 1.54) is 5.56 Å². The van der Waals surface area contributed by atoms with Crippen molar-refractivity contribution in [2.45, 2.75) is 19.9 Å². The normalized spacial score (nSPS) is 12.3. The minimum atomic E-state index is 0.104. The van der Waals surface area contributed by atoms with Gasteiger partial charge in [-0.25, -0.2) is 9.97 Å². The highest BCUT2D eigenvalue weighted by molar-refractivity contribution is 6.32. The summed E-state index contributed by atoms with van der Waals surface area (Å²) < 4.78 is 1.94. The van der Waals surface area contributed by atoms with Gasteiger partial charge in [0.1, 0.15) is 12.1 Å². The first-order valence-corrected chi connectivity index (χ1v) is 8.78. The van der Waals surface area contributed by atoms with Gasteiger partial charge < -0.3 is 5.32 Å². The maximum absolute atomic E-state index is 6.20. The van der Waals surface area contributed by atoms with Gasteiger partial charge in [0, 0.05) is 11.2 Å². The van der Waals surface area contributed by atoms with Gasteiger partial charge in [-0.15, -0.1) is 0 Å². The van der Waals surface area contributed by atoms with Crippen LogP contribution >= 0.6 is 11.6 Å². The fourth-order valence-electron chi connectivity index (χ4n) is 2.89. The Balaban J connectivity index is 1.67. The lowest BCUT2D eigenvalue weighted by molar-refractivity contribution is 0.854. The minimum absolute atomic E-state index is 0.104. The molecule has 0 saturated carbocycles. The van der Waals surface area contributed by atoms with Crippen molar-refractivity contribution in [2.75, 3.05) is 5.32 Å². The van der Waals surface area contributed by atoms with Crippen molar-refractivity contribution >= 4 is 28.6 Å². The number of benzene rings is 2. The quantitative estimate of drug-likeness (QED) is 0.557. The van der Waals surface area contributed by atoms with Crippen LogP contribution in [0.3, 0.4) is 0 Å². The van der Waals surface area contributed by atoms with Crippen LogP contribution in [-0.4, -0.2) is 19.5 Å². The summed E-state index contributed by atoms with van der Waals surface area (Å²) in [6, 6.07) is 16.1. The van der Waals surface area contributed by atoms with E-state index >= 15 is 0 Å². The Bertz CT molecular complexity index is 1060. The molecular weight excluding hydrogens is 346 g/mol. The van der Waals surface area contributed by atoms with Crippen LogP contribution in [0.4, 0.5) is 5.95 Å². The Morgan fingerprint density at radius 1 is 1.08 bits per heavy atom. The van der Waals surface area contributed by atoms with Crippen LogP contribution in [0, 0.1) is 6.92 Å². The number of rotatable bonds is 4. The SMILES string of the molecule is Cc1cc2c(cc1Cl)ncn2-c1ccnc(NC(C)c2ccccc2)n1. The average molecular weight is 364 g/mol. The predicted molar refractivity (Wildman–Crippen MR) is 105 cm³/mol. The number of fused-ring (bicyclic) bond motifs is 1. The molecule has 4 aromatic rings. The van der Waals surface area contributed by atoms with Gasteiger partial charge in [0.15, 0.2) is 0 Å². The molecule has 0 radical (unpaired) electrons. The number of hydrogen-bond acceptors (Lipinski definition) is 4.